The monoisotopic (exact) mass is 419 g/mol. The molecule has 0 saturated carbocycles. The van der Waals surface area contributed by atoms with Gasteiger partial charge in [-0.25, -0.2) is 0 Å². The van der Waals surface area contributed by atoms with Crippen LogP contribution in [0.3, 0.4) is 0 Å². The Morgan fingerprint density at radius 1 is 0.774 bits per heavy atom. The summed E-state index contributed by atoms with van der Waals surface area (Å²) in [6.07, 6.45) is 1.96. The minimum absolute atomic E-state index is 0.0363. The van der Waals surface area contributed by atoms with E-state index in [2.05, 4.69) is 4.90 Å². The van der Waals surface area contributed by atoms with Gasteiger partial charge >= 0.3 is 0 Å². The van der Waals surface area contributed by atoms with Crippen LogP contribution < -0.4 is 0 Å². The average molecular weight is 420 g/mol. The first-order chi connectivity index (χ1) is 15.2. The number of nitrogens with zero attached hydrogens (tertiary/aromatic N) is 3. The Kier molecular flexibility index (Phi) is 7.12. The summed E-state index contributed by atoms with van der Waals surface area (Å²) in [5.74, 6) is 0.186. The summed E-state index contributed by atoms with van der Waals surface area (Å²) in [6, 6.07) is 19.8. The lowest BCUT2D eigenvalue weighted by molar-refractivity contribution is -0.137. The largest absolute Gasteiger partial charge is 0.378 e. The normalized spacial score (nSPS) is 18.1. The van der Waals surface area contributed by atoms with E-state index < -0.39 is 0 Å². The first-order valence-corrected chi connectivity index (χ1v) is 10.9. The zero-order valence-corrected chi connectivity index (χ0v) is 17.8. The number of ether oxygens (including phenoxy) is 1. The van der Waals surface area contributed by atoms with Crippen molar-refractivity contribution in [2.45, 2.75) is 0 Å². The summed E-state index contributed by atoms with van der Waals surface area (Å²) in [4.78, 5) is 31.9. The van der Waals surface area contributed by atoms with Crippen LogP contribution in [0.1, 0.15) is 11.1 Å². The fourth-order valence-electron chi connectivity index (χ4n) is 3.99. The van der Waals surface area contributed by atoms with Gasteiger partial charge in [-0.2, -0.15) is 0 Å². The highest BCUT2D eigenvalue weighted by atomic mass is 16.5. The fourth-order valence-corrected chi connectivity index (χ4v) is 3.99. The van der Waals surface area contributed by atoms with Crippen LogP contribution in [0.4, 0.5) is 0 Å². The zero-order chi connectivity index (χ0) is 21.5. The first kappa shape index (κ1) is 21.3. The fraction of sp³-hybridized carbons (Fsp3) is 0.360. The van der Waals surface area contributed by atoms with Crippen molar-refractivity contribution in [3.63, 3.8) is 0 Å². The molecule has 0 radical (unpaired) electrons. The highest BCUT2D eigenvalue weighted by Gasteiger charge is 2.26. The maximum Gasteiger partial charge on any atom is 0.254 e. The number of morpholine rings is 1. The Hall–Kier alpha value is -2.96. The van der Waals surface area contributed by atoms with Gasteiger partial charge < -0.3 is 14.5 Å². The number of rotatable bonds is 5. The molecule has 6 nitrogen and oxygen atoms in total. The molecule has 0 aromatic heterocycles. The second-order valence-corrected chi connectivity index (χ2v) is 7.90. The molecule has 2 heterocycles. The van der Waals surface area contributed by atoms with Crippen molar-refractivity contribution >= 4 is 23.5 Å². The van der Waals surface area contributed by atoms with Crippen LogP contribution in [0.5, 0.6) is 0 Å². The zero-order valence-electron chi connectivity index (χ0n) is 17.8. The van der Waals surface area contributed by atoms with Gasteiger partial charge in [0, 0.05) is 44.8 Å². The summed E-state index contributed by atoms with van der Waals surface area (Å²) < 4.78 is 5.32. The van der Waals surface area contributed by atoms with Crippen LogP contribution in [0.25, 0.3) is 11.6 Å². The molecule has 2 aromatic carbocycles. The maximum atomic E-state index is 13.4. The van der Waals surface area contributed by atoms with Gasteiger partial charge in [0.25, 0.3) is 5.91 Å². The van der Waals surface area contributed by atoms with Gasteiger partial charge in [-0.15, -0.1) is 0 Å². The van der Waals surface area contributed by atoms with Crippen molar-refractivity contribution in [3.8, 4) is 0 Å². The molecular weight excluding hydrogens is 390 g/mol. The predicted octanol–water partition coefficient (Wildman–Crippen LogP) is 2.23. The molecule has 2 aromatic rings. The van der Waals surface area contributed by atoms with Crippen LogP contribution in [-0.4, -0.2) is 85.5 Å². The van der Waals surface area contributed by atoms with E-state index in [9.17, 15) is 9.59 Å². The second-order valence-electron chi connectivity index (χ2n) is 7.90. The van der Waals surface area contributed by atoms with Crippen molar-refractivity contribution in [3.05, 3.63) is 71.8 Å². The molecule has 2 aliphatic heterocycles. The van der Waals surface area contributed by atoms with E-state index in [1.54, 1.807) is 0 Å². The number of benzene rings is 2. The number of hydrogen-bond acceptors (Lipinski definition) is 4. The second kappa shape index (κ2) is 10.4. The van der Waals surface area contributed by atoms with Gasteiger partial charge in [-0.1, -0.05) is 60.7 Å². The van der Waals surface area contributed by atoms with Crippen LogP contribution in [-0.2, 0) is 14.3 Å². The molecule has 4 rings (SSSR count). The predicted molar refractivity (Wildman–Crippen MR) is 121 cm³/mol. The Morgan fingerprint density at radius 3 is 2.03 bits per heavy atom. The summed E-state index contributed by atoms with van der Waals surface area (Å²) in [5.41, 5.74) is 2.62. The van der Waals surface area contributed by atoms with Gasteiger partial charge in [0.15, 0.2) is 0 Å². The van der Waals surface area contributed by atoms with E-state index in [-0.39, 0.29) is 11.8 Å². The molecule has 162 valence electrons. The molecule has 6 heteroatoms. The van der Waals surface area contributed by atoms with Crippen LogP contribution >= 0.6 is 0 Å². The smallest absolute Gasteiger partial charge is 0.254 e. The molecule has 0 N–H and O–H groups in total. The van der Waals surface area contributed by atoms with Crippen molar-refractivity contribution in [1.82, 2.24) is 14.7 Å². The lowest BCUT2D eigenvalue weighted by Crippen LogP contribution is -2.52. The summed E-state index contributed by atoms with van der Waals surface area (Å²) in [7, 11) is 0. The highest BCUT2D eigenvalue weighted by Crippen LogP contribution is 2.22. The maximum absolute atomic E-state index is 13.4. The van der Waals surface area contributed by atoms with Crippen molar-refractivity contribution in [1.29, 1.82) is 0 Å². The Morgan fingerprint density at radius 2 is 1.39 bits per heavy atom. The third-order valence-electron chi connectivity index (χ3n) is 5.81. The molecule has 2 saturated heterocycles. The molecular formula is C25H29N3O3. The minimum atomic E-state index is 0.0363. The number of carbonyl (C=O) groups is 2. The topological polar surface area (TPSA) is 53.1 Å². The van der Waals surface area contributed by atoms with Gasteiger partial charge in [0.05, 0.1) is 19.8 Å². The van der Waals surface area contributed by atoms with Gasteiger partial charge in [0.1, 0.15) is 0 Å². The third-order valence-corrected chi connectivity index (χ3v) is 5.81. The molecule has 0 unspecified atom stereocenters. The Balaban J connectivity index is 1.41. The van der Waals surface area contributed by atoms with E-state index in [4.69, 9.17) is 4.74 Å². The number of piperazine rings is 1. The third kappa shape index (κ3) is 5.60. The summed E-state index contributed by atoms with van der Waals surface area (Å²) in [6.45, 7) is 5.62. The summed E-state index contributed by atoms with van der Waals surface area (Å²) in [5, 5.41) is 0. The standard InChI is InChI=1S/C25H29N3O3/c29-24(27-15-17-31-18-16-27)20-26-11-13-28(14-12-26)25(30)23(22-9-5-2-6-10-22)19-21-7-3-1-4-8-21/h1-10,19H,11-18,20H2/b23-19+. The SMILES string of the molecule is O=C(CN1CCN(C(=O)/C(=C/c2ccccc2)c2ccccc2)CC1)N1CCOCC1. The number of carbonyl (C=O) groups excluding carboxylic acids is 2. The van der Waals surface area contributed by atoms with Crippen molar-refractivity contribution in [2.75, 3.05) is 59.0 Å². The Bertz CT molecular complexity index is 900. The highest BCUT2D eigenvalue weighted by molar-refractivity contribution is 6.24. The van der Waals surface area contributed by atoms with E-state index >= 15 is 0 Å². The lowest BCUT2D eigenvalue weighted by Gasteiger charge is -2.36. The van der Waals surface area contributed by atoms with Gasteiger partial charge in [-0.05, 0) is 17.2 Å². The van der Waals surface area contributed by atoms with Crippen LogP contribution in [0, 0.1) is 0 Å². The lowest BCUT2D eigenvalue weighted by atomic mass is 10.0. The molecule has 2 aliphatic rings. The van der Waals surface area contributed by atoms with E-state index in [1.165, 1.54) is 0 Å². The van der Waals surface area contributed by atoms with Crippen molar-refractivity contribution < 1.29 is 14.3 Å². The summed E-state index contributed by atoms with van der Waals surface area (Å²) >= 11 is 0. The van der Waals surface area contributed by atoms with Gasteiger partial charge in [0.2, 0.25) is 5.91 Å². The van der Waals surface area contributed by atoms with E-state index in [0.29, 0.717) is 64.6 Å². The van der Waals surface area contributed by atoms with Gasteiger partial charge in [-0.3, -0.25) is 14.5 Å². The molecule has 0 atom stereocenters. The molecule has 31 heavy (non-hydrogen) atoms. The van der Waals surface area contributed by atoms with E-state index in [0.717, 1.165) is 11.1 Å². The molecule has 0 spiro atoms. The van der Waals surface area contributed by atoms with Crippen LogP contribution in [0.15, 0.2) is 60.7 Å². The minimum Gasteiger partial charge on any atom is -0.378 e. The molecule has 2 fully saturated rings. The van der Waals surface area contributed by atoms with Crippen molar-refractivity contribution in [2.24, 2.45) is 0 Å². The number of hydrogen-bond donors (Lipinski definition) is 0. The first-order valence-electron chi connectivity index (χ1n) is 10.9. The average Bonchev–Trinajstić information content (AvgIpc) is 2.84. The Labute approximate surface area is 183 Å². The van der Waals surface area contributed by atoms with E-state index in [1.807, 2.05) is 76.5 Å². The molecule has 0 aliphatic carbocycles. The van der Waals surface area contributed by atoms with Crippen LogP contribution in [0.2, 0.25) is 0 Å². The molecule has 0 bridgehead atoms. The quantitative estimate of drug-likeness (QED) is 0.551. The molecule has 2 amide bonds. The number of amides is 2.